The van der Waals surface area contributed by atoms with Crippen LogP contribution >= 0.6 is 11.3 Å². The fourth-order valence-electron chi connectivity index (χ4n) is 4.09. The second-order valence-electron chi connectivity index (χ2n) is 6.98. The molecule has 2 aromatic heterocycles. The third kappa shape index (κ3) is 2.58. The molecular weight excluding hydrogens is 372 g/mol. The van der Waals surface area contributed by atoms with E-state index in [1.165, 1.54) is 22.3 Å². The average Bonchev–Trinajstić information content (AvgIpc) is 3.30. The molecule has 2 N–H and O–H groups in total. The van der Waals surface area contributed by atoms with Gasteiger partial charge in [-0.2, -0.15) is 0 Å². The van der Waals surface area contributed by atoms with Crippen molar-refractivity contribution in [2.24, 2.45) is 0 Å². The molecule has 0 bridgehead atoms. The number of benzene rings is 1. The largest absolute Gasteiger partial charge is 0.343 e. The van der Waals surface area contributed by atoms with Gasteiger partial charge in [0.2, 0.25) is 5.82 Å². The highest BCUT2D eigenvalue weighted by Crippen LogP contribution is 2.35. The van der Waals surface area contributed by atoms with Crippen LogP contribution in [0.4, 0.5) is 8.78 Å². The molecule has 0 saturated carbocycles. The summed E-state index contributed by atoms with van der Waals surface area (Å²) in [5, 5.41) is 3.37. The molecule has 0 unspecified atom stereocenters. The van der Waals surface area contributed by atoms with Gasteiger partial charge in [-0.1, -0.05) is 0 Å². The van der Waals surface area contributed by atoms with E-state index in [9.17, 15) is 18.4 Å². The lowest BCUT2D eigenvalue weighted by molar-refractivity contribution is 0.0926. The fraction of sp³-hybridized carbons (Fsp3) is 0.316. The third-order valence-corrected chi connectivity index (χ3v) is 6.54. The van der Waals surface area contributed by atoms with E-state index in [0.717, 1.165) is 30.9 Å². The molecule has 0 spiro atoms. The number of H-pyrrole nitrogens is 1. The Balaban J connectivity index is 1.46. The first-order valence-electron chi connectivity index (χ1n) is 8.84. The predicted octanol–water partition coefficient (Wildman–Crippen LogP) is 3.17. The van der Waals surface area contributed by atoms with Gasteiger partial charge in [0.15, 0.2) is 11.6 Å². The molecule has 1 amide bonds. The van der Waals surface area contributed by atoms with Gasteiger partial charge in [0, 0.05) is 4.88 Å². The summed E-state index contributed by atoms with van der Waals surface area (Å²) in [5.41, 5.74) is 2.01. The Morgan fingerprint density at radius 1 is 1.22 bits per heavy atom. The molecule has 0 saturated heterocycles. The van der Waals surface area contributed by atoms with E-state index < -0.39 is 23.6 Å². The van der Waals surface area contributed by atoms with E-state index in [1.807, 2.05) is 0 Å². The Morgan fingerprint density at radius 3 is 2.89 bits per heavy atom. The molecule has 27 heavy (non-hydrogen) atoms. The van der Waals surface area contributed by atoms with Crippen LogP contribution in [0.25, 0.3) is 10.2 Å². The molecule has 2 heterocycles. The number of nitrogens with zero attached hydrogens (tertiary/aromatic N) is 1. The number of carbonyl (C=O) groups is 1. The molecule has 0 fully saturated rings. The van der Waals surface area contributed by atoms with Gasteiger partial charge >= 0.3 is 0 Å². The maximum absolute atomic E-state index is 13.6. The summed E-state index contributed by atoms with van der Waals surface area (Å²) in [6, 6.07) is 1.87. The van der Waals surface area contributed by atoms with E-state index in [4.69, 9.17) is 0 Å². The minimum absolute atomic E-state index is 0.0524. The lowest BCUT2D eigenvalue weighted by Gasteiger charge is -2.14. The van der Waals surface area contributed by atoms with Gasteiger partial charge in [0.05, 0.1) is 11.4 Å². The number of hydrogen-bond acceptors (Lipinski definition) is 4. The van der Waals surface area contributed by atoms with Gasteiger partial charge in [-0.3, -0.25) is 9.59 Å². The standard InChI is InChI=1S/C19H15F2N3O2S/c20-11-6-8-4-5-13(10(8)7-12(11)21)22-18(26)16-23-17(25)15-9-2-1-3-14(9)27-19(15)24-16/h6-7,13H,1-5H2,(H,22,26)(H,23,24,25)/t13-/m0/s1. The number of rotatable bonds is 2. The summed E-state index contributed by atoms with van der Waals surface area (Å²) in [4.78, 5) is 33.8. The van der Waals surface area contributed by atoms with E-state index in [-0.39, 0.29) is 11.4 Å². The van der Waals surface area contributed by atoms with Gasteiger partial charge < -0.3 is 10.3 Å². The molecule has 3 aromatic rings. The van der Waals surface area contributed by atoms with Crippen molar-refractivity contribution < 1.29 is 13.6 Å². The van der Waals surface area contributed by atoms with Crippen molar-refractivity contribution in [3.8, 4) is 0 Å². The van der Waals surface area contributed by atoms with Crippen molar-refractivity contribution in [1.29, 1.82) is 0 Å². The monoisotopic (exact) mass is 387 g/mol. The number of aryl methyl sites for hydroxylation is 3. The highest BCUT2D eigenvalue weighted by Gasteiger charge is 2.28. The SMILES string of the molecule is O=C(N[C@H]1CCc2cc(F)c(F)cc21)c1nc2sc3c(c2c(=O)[nH]1)CCC3. The van der Waals surface area contributed by atoms with Crippen LogP contribution in [0.1, 0.15) is 51.1 Å². The van der Waals surface area contributed by atoms with Crippen LogP contribution in [0.5, 0.6) is 0 Å². The maximum Gasteiger partial charge on any atom is 0.287 e. The van der Waals surface area contributed by atoms with Crippen molar-refractivity contribution in [1.82, 2.24) is 15.3 Å². The zero-order chi connectivity index (χ0) is 18.7. The van der Waals surface area contributed by atoms with Gasteiger partial charge in [-0.15, -0.1) is 11.3 Å². The van der Waals surface area contributed by atoms with Crippen LogP contribution in [0.15, 0.2) is 16.9 Å². The first-order valence-corrected chi connectivity index (χ1v) is 9.66. The summed E-state index contributed by atoms with van der Waals surface area (Å²) >= 11 is 1.46. The zero-order valence-electron chi connectivity index (χ0n) is 14.2. The van der Waals surface area contributed by atoms with E-state index in [0.29, 0.717) is 34.2 Å². The van der Waals surface area contributed by atoms with Crippen molar-refractivity contribution in [2.75, 3.05) is 0 Å². The van der Waals surface area contributed by atoms with Crippen LogP contribution < -0.4 is 10.9 Å². The quantitative estimate of drug-likeness (QED) is 0.709. The van der Waals surface area contributed by atoms with E-state index >= 15 is 0 Å². The van der Waals surface area contributed by atoms with Crippen molar-refractivity contribution in [3.63, 3.8) is 0 Å². The molecular formula is C19H15F2N3O2S. The number of fused-ring (bicyclic) bond motifs is 4. The van der Waals surface area contributed by atoms with Crippen molar-refractivity contribution in [2.45, 2.75) is 38.1 Å². The van der Waals surface area contributed by atoms with Crippen LogP contribution in [-0.2, 0) is 19.3 Å². The molecule has 0 radical (unpaired) electrons. The van der Waals surface area contributed by atoms with Crippen molar-refractivity contribution in [3.05, 3.63) is 61.5 Å². The van der Waals surface area contributed by atoms with E-state index in [2.05, 4.69) is 15.3 Å². The Morgan fingerprint density at radius 2 is 2.04 bits per heavy atom. The molecule has 2 aliphatic carbocycles. The third-order valence-electron chi connectivity index (χ3n) is 5.36. The molecule has 138 valence electrons. The Bertz CT molecular complexity index is 1170. The Kier molecular flexibility index (Phi) is 3.65. The lowest BCUT2D eigenvalue weighted by atomic mass is 10.1. The smallest absolute Gasteiger partial charge is 0.287 e. The summed E-state index contributed by atoms with van der Waals surface area (Å²) < 4.78 is 26.9. The molecule has 1 aromatic carbocycles. The summed E-state index contributed by atoms with van der Waals surface area (Å²) in [6.45, 7) is 0. The summed E-state index contributed by atoms with van der Waals surface area (Å²) in [6.07, 6.45) is 3.95. The number of hydrogen-bond donors (Lipinski definition) is 2. The molecule has 5 nitrogen and oxygen atoms in total. The maximum atomic E-state index is 13.6. The number of nitrogens with one attached hydrogen (secondary N) is 2. The highest BCUT2D eigenvalue weighted by molar-refractivity contribution is 7.18. The highest BCUT2D eigenvalue weighted by atomic mass is 32.1. The zero-order valence-corrected chi connectivity index (χ0v) is 15.0. The average molecular weight is 387 g/mol. The summed E-state index contributed by atoms with van der Waals surface area (Å²) in [7, 11) is 0. The van der Waals surface area contributed by atoms with Gasteiger partial charge in [-0.25, -0.2) is 13.8 Å². The topological polar surface area (TPSA) is 74.8 Å². The number of halogens is 2. The van der Waals surface area contributed by atoms with Gasteiger partial charge in [0.25, 0.3) is 11.5 Å². The molecule has 0 aliphatic heterocycles. The number of aromatic nitrogens is 2. The number of aromatic amines is 1. The van der Waals surface area contributed by atoms with Crippen LogP contribution in [-0.4, -0.2) is 15.9 Å². The van der Waals surface area contributed by atoms with Crippen LogP contribution in [0.2, 0.25) is 0 Å². The second kappa shape index (κ2) is 5.95. The Hall–Kier alpha value is -2.61. The molecule has 2 aliphatic rings. The van der Waals surface area contributed by atoms with Crippen LogP contribution in [0.3, 0.4) is 0 Å². The minimum Gasteiger partial charge on any atom is -0.343 e. The predicted molar refractivity (Wildman–Crippen MR) is 97.2 cm³/mol. The second-order valence-corrected chi connectivity index (χ2v) is 8.07. The molecule has 8 heteroatoms. The van der Waals surface area contributed by atoms with Crippen LogP contribution in [0, 0.1) is 11.6 Å². The van der Waals surface area contributed by atoms with Gasteiger partial charge in [0.1, 0.15) is 4.83 Å². The summed E-state index contributed by atoms with van der Waals surface area (Å²) in [5.74, 6) is -2.40. The number of thiophene rings is 1. The first kappa shape index (κ1) is 16.6. The molecule has 1 atom stereocenters. The van der Waals surface area contributed by atoms with Gasteiger partial charge in [-0.05, 0) is 60.9 Å². The van der Waals surface area contributed by atoms with E-state index in [1.54, 1.807) is 0 Å². The Labute approximate surface area is 156 Å². The number of carbonyl (C=O) groups excluding carboxylic acids is 1. The fourth-order valence-corrected chi connectivity index (χ4v) is 5.35. The minimum atomic E-state index is -0.934. The number of amides is 1. The van der Waals surface area contributed by atoms with Crippen molar-refractivity contribution >= 4 is 27.5 Å². The normalized spacial score (nSPS) is 17.9. The molecule has 5 rings (SSSR count). The lowest BCUT2D eigenvalue weighted by Crippen LogP contribution is -2.30. The first-order chi connectivity index (χ1) is 13.0.